The smallest absolute Gasteiger partial charge is 0.107 e. The molecule has 1 saturated heterocycles. The molecule has 1 aromatic rings. The Morgan fingerprint density at radius 2 is 2.11 bits per heavy atom. The van der Waals surface area contributed by atoms with Crippen LogP contribution in [0.15, 0.2) is 22.7 Å². The maximum absolute atomic E-state index is 5.35. The van der Waals surface area contributed by atoms with Crippen LogP contribution in [-0.2, 0) is 27.7 Å². The summed E-state index contributed by atoms with van der Waals surface area (Å²) in [7, 11) is 1.52. The average Bonchev–Trinajstić information content (AvgIpc) is 2.40. The molecular formula is C13H18BrNO3. The number of hydrogen-bond acceptors (Lipinski definition) is 4. The first-order chi connectivity index (χ1) is 8.79. The maximum Gasteiger partial charge on any atom is 0.107 e. The highest BCUT2D eigenvalue weighted by atomic mass is 79.9. The molecule has 1 heterocycles. The molecule has 0 amide bonds. The second-order valence-electron chi connectivity index (χ2n) is 4.24. The minimum absolute atomic E-state index is 0.465. The number of rotatable bonds is 5. The lowest BCUT2D eigenvalue weighted by atomic mass is 10.1. The highest BCUT2D eigenvalue weighted by Crippen LogP contribution is 2.21. The summed E-state index contributed by atoms with van der Waals surface area (Å²) < 4.78 is 6.46. The Morgan fingerprint density at radius 1 is 1.33 bits per heavy atom. The standard InChI is InChI=1S/C13H18BrNO3/c1-16-18-10-11-2-3-12(13(14)8-11)9-15-4-6-17-7-5-15/h2-3,8H,4-7,9-10H2,1H3. The molecule has 1 aromatic carbocycles. The Labute approximate surface area is 116 Å². The predicted octanol–water partition coefficient (Wildman–Crippen LogP) is 2.36. The van der Waals surface area contributed by atoms with Crippen LogP contribution >= 0.6 is 15.9 Å². The van der Waals surface area contributed by atoms with Gasteiger partial charge in [0, 0.05) is 24.1 Å². The van der Waals surface area contributed by atoms with Gasteiger partial charge in [-0.2, -0.15) is 0 Å². The average molecular weight is 316 g/mol. The van der Waals surface area contributed by atoms with E-state index in [1.807, 2.05) is 0 Å². The van der Waals surface area contributed by atoms with E-state index >= 15 is 0 Å². The SMILES string of the molecule is COOCc1ccc(CN2CCOCC2)c(Br)c1. The molecule has 0 bridgehead atoms. The van der Waals surface area contributed by atoms with E-state index in [1.165, 1.54) is 12.7 Å². The van der Waals surface area contributed by atoms with Crippen molar-refractivity contribution >= 4 is 15.9 Å². The van der Waals surface area contributed by atoms with Crippen molar-refractivity contribution in [1.82, 2.24) is 4.90 Å². The molecule has 0 atom stereocenters. The van der Waals surface area contributed by atoms with Crippen LogP contribution in [0, 0.1) is 0 Å². The summed E-state index contributed by atoms with van der Waals surface area (Å²) in [6.45, 7) is 5.08. The zero-order valence-corrected chi connectivity index (χ0v) is 12.1. The number of benzene rings is 1. The van der Waals surface area contributed by atoms with Crippen molar-refractivity contribution in [3.63, 3.8) is 0 Å². The summed E-state index contributed by atoms with van der Waals surface area (Å²) in [5, 5.41) is 0. The van der Waals surface area contributed by atoms with Crippen LogP contribution in [0.5, 0.6) is 0 Å². The van der Waals surface area contributed by atoms with Gasteiger partial charge < -0.3 is 4.74 Å². The fraction of sp³-hybridized carbons (Fsp3) is 0.538. The number of ether oxygens (including phenoxy) is 1. The van der Waals surface area contributed by atoms with Crippen LogP contribution in [0.2, 0.25) is 0 Å². The van der Waals surface area contributed by atoms with Crippen LogP contribution in [0.1, 0.15) is 11.1 Å². The summed E-state index contributed by atoms with van der Waals surface area (Å²) in [6, 6.07) is 6.28. The minimum atomic E-state index is 0.465. The molecule has 0 aromatic heterocycles. The van der Waals surface area contributed by atoms with Gasteiger partial charge in [0.05, 0.1) is 20.3 Å². The van der Waals surface area contributed by atoms with Gasteiger partial charge in [-0.05, 0) is 17.2 Å². The summed E-state index contributed by atoms with van der Waals surface area (Å²) in [4.78, 5) is 11.9. The van der Waals surface area contributed by atoms with Crippen molar-refractivity contribution in [3.8, 4) is 0 Å². The van der Waals surface area contributed by atoms with E-state index in [2.05, 4.69) is 43.9 Å². The first-order valence-corrected chi connectivity index (χ1v) is 6.82. The molecule has 2 rings (SSSR count). The van der Waals surface area contributed by atoms with E-state index in [1.54, 1.807) is 0 Å². The van der Waals surface area contributed by atoms with Gasteiger partial charge in [-0.25, -0.2) is 9.78 Å². The molecular weight excluding hydrogens is 298 g/mol. The van der Waals surface area contributed by atoms with Crippen LogP contribution in [0.25, 0.3) is 0 Å². The normalized spacial score (nSPS) is 17.0. The van der Waals surface area contributed by atoms with E-state index in [9.17, 15) is 0 Å². The van der Waals surface area contributed by atoms with Gasteiger partial charge in [0.25, 0.3) is 0 Å². The Balaban J connectivity index is 1.95. The minimum Gasteiger partial charge on any atom is -0.379 e. The predicted molar refractivity (Wildman–Crippen MR) is 72.0 cm³/mol. The Bertz CT molecular complexity index is 380. The molecule has 100 valence electrons. The van der Waals surface area contributed by atoms with E-state index in [4.69, 9.17) is 9.62 Å². The van der Waals surface area contributed by atoms with E-state index < -0.39 is 0 Å². The lowest BCUT2D eigenvalue weighted by Crippen LogP contribution is -2.35. The van der Waals surface area contributed by atoms with E-state index in [0.29, 0.717) is 6.61 Å². The van der Waals surface area contributed by atoms with E-state index in [-0.39, 0.29) is 0 Å². The third kappa shape index (κ3) is 4.03. The van der Waals surface area contributed by atoms with Crippen molar-refractivity contribution < 1.29 is 14.5 Å². The zero-order valence-electron chi connectivity index (χ0n) is 10.5. The molecule has 1 fully saturated rings. The third-order valence-corrected chi connectivity index (χ3v) is 3.70. The number of hydrogen-bond donors (Lipinski definition) is 0. The van der Waals surface area contributed by atoms with E-state index in [0.717, 1.165) is 42.9 Å². The van der Waals surface area contributed by atoms with Gasteiger partial charge in [0.1, 0.15) is 6.61 Å². The van der Waals surface area contributed by atoms with Crippen molar-refractivity contribution in [2.24, 2.45) is 0 Å². The first-order valence-electron chi connectivity index (χ1n) is 6.02. The summed E-state index contributed by atoms with van der Waals surface area (Å²) in [5.41, 5.74) is 2.38. The van der Waals surface area contributed by atoms with Gasteiger partial charge in [-0.15, -0.1) is 0 Å². The van der Waals surface area contributed by atoms with Crippen molar-refractivity contribution in [1.29, 1.82) is 0 Å². The molecule has 5 heteroatoms. The largest absolute Gasteiger partial charge is 0.379 e. The molecule has 4 nitrogen and oxygen atoms in total. The van der Waals surface area contributed by atoms with Crippen LogP contribution in [0.3, 0.4) is 0 Å². The second-order valence-corrected chi connectivity index (χ2v) is 5.10. The molecule has 0 radical (unpaired) electrons. The van der Waals surface area contributed by atoms with Crippen LogP contribution in [-0.4, -0.2) is 38.3 Å². The Hall–Kier alpha value is -0.460. The molecule has 0 spiro atoms. The number of morpholine rings is 1. The lowest BCUT2D eigenvalue weighted by Gasteiger charge is -2.27. The van der Waals surface area contributed by atoms with Gasteiger partial charge in [-0.1, -0.05) is 28.1 Å². The molecule has 18 heavy (non-hydrogen) atoms. The lowest BCUT2D eigenvalue weighted by molar-refractivity contribution is -0.282. The fourth-order valence-corrected chi connectivity index (χ4v) is 2.49. The van der Waals surface area contributed by atoms with Gasteiger partial charge in [0.2, 0.25) is 0 Å². The monoisotopic (exact) mass is 315 g/mol. The van der Waals surface area contributed by atoms with Crippen LogP contribution in [0.4, 0.5) is 0 Å². The van der Waals surface area contributed by atoms with Gasteiger partial charge in [-0.3, -0.25) is 4.90 Å². The first kappa shape index (κ1) is 14.0. The molecule has 1 aliphatic rings. The number of halogens is 1. The zero-order chi connectivity index (χ0) is 12.8. The van der Waals surface area contributed by atoms with Crippen molar-refractivity contribution in [3.05, 3.63) is 33.8 Å². The summed E-state index contributed by atoms with van der Waals surface area (Å²) in [5.74, 6) is 0. The topological polar surface area (TPSA) is 30.9 Å². The third-order valence-electron chi connectivity index (χ3n) is 2.96. The maximum atomic E-state index is 5.35. The molecule has 0 N–H and O–H groups in total. The van der Waals surface area contributed by atoms with Gasteiger partial charge in [0.15, 0.2) is 0 Å². The van der Waals surface area contributed by atoms with Crippen molar-refractivity contribution in [2.45, 2.75) is 13.2 Å². The highest BCUT2D eigenvalue weighted by molar-refractivity contribution is 9.10. The fourth-order valence-electron chi connectivity index (χ4n) is 1.94. The highest BCUT2D eigenvalue weighted by Gasteiger charge is 2.12. The second kappa shape index (κ2) is 7.21. The molecule has 0 aliphatic carbocycles. The molecule has 0 unspecified atom stereocenters. The Kier molecular flexibility index (Phi) is 5.59. The summed E-state index contributed by atoms with van der Waals surface area (Å²) >= 11 is 3.61. The van der Waals surface area contributed by atoms with Gasteiger partial charge >= 0.3 is 0 Å². The Morgan fingerprint density at radius 3 is 2.78 bits per heavy atom. The number of nitrogens with zero attached hydrogens (tertiary/aromatic N) is 1. The quantitative estimate of drug-likeness (QED) is 0.616. The summed E-state index contributed by atoms with van der Waals surface area (Å²) in [6.07, 6.45) is 0. The molecule has 1 aliphatic heterocycles. The van der Waals surface area contributed by atoms with Crippen molar-refractivity contribution in [2.75, 3.05) is 33.4 Å². The molecule has 0 saturated carbocycles. The van der Waals surface area contributed by atoms with Crippen LogP contribution < -0.4 is 0 Å².